The lowest BCUT2D eigenvalue weighted by molar-refractivity contribution is -0.126. The minimum absolute atomic E-state index is 0.125. The third-order valence-corrected chi connectivity index (χ3v) is 8.87. The molecule has 1 unspecified atom stereocenters. The number of amides is 2. The molecule has 2 saturated heterocycles. The molecule has 30 heavy (non-hydrogen) atoms. The number of sulfonamides is 1. The summed E-state index contributed by atoms with van der Waals surface area (Å²) in [5.41, 5.74) is 1.83. The number of nitrogens with one attached hydrogen (secondary N) is 1. The van der Waals surface area contributed by atoms with Gasteiger partial charge in [0.25, 0.3) is 10.0 Å². The summed E-state index contributed by atoms with van der Waals surface area (Å²) in [7, 11) is -3.53. The van der Waals surface area contributed by atoms with Gasteiger partial charge in [0.2, 0.25) is 11.8 Å². The zero-order chi connectivity index (χ0) is 21.1. The van der Waals surface area contributed by atoms with Crippen molar-refractivity contribution in [3.8, 4) is 0 Å². The summed E-state index contributed by atoms with van der Waals surface area (Å²) in [6.45, 7) is 1.78. The first kappa shape index (κ1) is 21.0. The van der Waals surface area contributed by atoms with Gasteiger partial charge in [0.1, 0.15) is 4.21 Å². The maximum Gasteiger partial charge on any atom is 0.252 e. The van der Waals surface area contributed by atoms with Crippen molar-refractivity contribution >= 4 is 38.9 Å². The van der Waals surface area contributed by atoms with E-state index in [1.54, 1.807) is 22.4 Å². The highest BCUT2D eigenvalue weighted by Crippen LogP contribution is 2.26. The van der Waals surface area contributed by atoms with Crippen LogP contribution in [0.4, 0.5) is 5.69 Å². The van der Waals surface area contributed by atoms with Crippen molar-refractivity contribution in [1.82, 2.24) is 9.62 Å². The zero-order valence-corrected chi connectivity index (χ0v) is 18.3. The lowest BCUT2D eigenvalue weighted by Gasteiger charge is -2.30. The molecule has 0 radical (unpaired) electrons. The molecule has 7 nitrogen and oxygen atoms in total. The average Bonchev–Trinajstić information content (AvgIpc) is 3.45. The molecule has 2 aliphatic rings. The maximum atomic E-state index is 12.7. The predicted molar refractivity (Wildman–Crippen MR) is 116 cm³/mol. The highest BCUT2D eigenvalue weighted by Gasteiger charge is 2.33. The Kier molecular flexibility index (Phi) is 6.21. The number of anilines is 1. The lowest BCUT2D eigenvalue weighted by Crippen LogP contribution is -2.45. The highest BCUT2D eigenvalue weighted by atomic mass is 32.2. The fourth-order valence-electron chi connectivity index (χ4n) is 3.96. The number of hydrogen-bond donors (Lipinski definition) is 1. The summed E-state index contributed by atoms with van der Waals surface area (Å²) in [5, 5.41) is 4.68. The molecular weight excluding hydrogens is 422 g/mol. The van der Waals surface area contributed by atoms with Gasteiger partial charge in [-0.25, -0.2) is 8.42 Å². The fraction of sp³-hybridized carbons (Fsp3) is 0.429. The molecule has 0 bridgehead atoms. The van der Waals surface area contributed by atoms with Crippen molar-refractivity contribution in [2.75, 3.05) is 24.5 Å². The minimum Gasteiger partial charge on any atom is -0.352 e. The van der Waals surface area contributed by atoms with Crippen molar-refractivity contribution < 1.29 is 18.0 Å². The van der Waals surface area contributed by atoms with Crippen LogP contribution >= 0.6 is 11.3 Å². The topological polar surface area (TPSA) is 86.8 Å². The van der Waals surface area contributed by atoms with E-state index in [0.717, 1.165) is 24.2 Å². The first-order valence-electron chi connectivity index (χ1n) is 10.2. The molecule has 1 N–H and O–H groups in total. The van der Waals surface area contributed by atoms with Crippen LogP contribution in [0.2, 0.25) is 0 Å². The third-order valence-electron chi connectivity index (χ3n) is 5.63. The van der Waals surface area contributed by atoms with Crippen LogP contribution in [0, 0.1) is 5.92 Å². The monoisotopic (exact) mass is 447 g/mol. The van der Waals surface area contributed by atoms with Crippen molar-refractivity contribution in [3.63, 3.8) is 0 Å². The standard InChI is InChI=1S/C21H25N3O4S2/c25-19-5-2-12-24(19)18-9-7-16(8-10-18)14-22-21(26)17-4-1-11-23(15-17)30(27,28)20-6-3-13-29-20/h3,6-10,13,17H,1-2,4-5,11-12,14-15H2,(H,22,26). The van der Waals surface area contributed by atoms with Gasteiger partial charge in [0.15, 0.2) is 0 Å². The molecule has 2 amide bonds. The summed E-state index contributed by atoms with van der Waals surface area (Å²) >= 11 is 1.20. The van der Waals surface area contributed by atoms with Gasteiger partial charge in [0, 0.05) is 38.3 Å². The van der Waals surface area contributed by atoms with Gasteiger partial charge in [-0.15, -0.1) is 11.3 Å². The summed E-state index contributed by atoms with van der Waals surface area (Å²) in [6, 6.07) is 11.0. The Bertz CT molecular complexity index is 1000. The van der Waals surface area contributed by atoms with E-state index >= 15 is 0 Å². The van der Waals surface area contributed by atoms with Crippen LogP contribution in [0.15, 0.2) is 46.0 Å². The van der Waals surface area contributed by atoms with Crippen LogP contribution in [-0.2, 0) is 26.2 Å². The van der Waals surface area contributed by atoms with Gasteiger partial charge in [-0.05, 0) is 48.4 Å². The largest absolute Gasteiger partial charge is 0.352 e. The van der Waals surface area contributed by atoms with E-state index in [1.165, 1.54) is 15.6 Å². The molecule has 9 heteroatoms. The molecule has 0 saturated carbocycles. The molecule has 0 aliphatic carbocycles. The van der Waals surface area contributed by atoms with Crippen molar-refractivity contribution in [1.29, 1.82) is 0 Å². The van der Waals surface area contributed by atoms with Crippen LogP contribution in [0.1, 0.15) is 31.2 Å². The van der Waals surface area contributed by atoms with E-state index < -0.39 is 10.0 Å². The Hall–Kier alpha value is -2.23. The number of piperidine rings is 1. The van der Waals surface area contributed by atoms with Crippen LogP contribution < -0.4 is 10.2 Å². The second-order valence-electron chi connectivity index (χ2n) is 7.67. The number of benzene rings is 1. The number of carbonyl (C=O) groups excluding carboxylic acids is 2. The molecule has 3 heterocycles. The summed E-state index contributed by atoms with van der Waals surface area (Å²) in [5.74, 6) is -0.328. The van der Waals surface area contributed by atoms with Crippen LogP contribution in [0.3, 0.4) is 0 Å². The first-order valence-corrected chi connectivity index (χ1v) is 12.5. The minimum atomic E-state index is -3.53. The number of carbonyl (C=O) groups is 2. The van der Waals surface area contributed by atoms with E-state index in [4.69, 9.17) is 0 Å². The predicted octanol–water partition coefficient (Wildman–Crippen LogP) is 2.59. The molecule has 0 spiro atoms. The Morgan fingerprint density at radius 1 is 1.13 bits per heavy atom. The Labute approximate surface area is 180 Å². The summed E-state index contributed by atoms with van der Waals surface area (Å²) in [4.78, 5) is 26.3. The van der Waals surface area contributed by atoms with Crippen molar-refractivity contribution in [3.05, 3.63) is 47.3 Å². The fourth-order valence-corrected chi connectivity index (χ4v) is 6.63. The average molecular weight is 448 g/mol. The van der Waals surface area contributed by atoms with E-state index in [9.17, 15) is 18.0 Å². The molecule has 2 aliphatic heterocycles. The molecule has 4 rings (SSSR count). The van der Waals surface area contributed by atoms with Crippen molar-refractivity contribution in [2.24, 2.45) is 5.92 Å². The molecular formula is C21H25N3O4S2. The molecule has 160 valence electrons. The second kappa shape index (κ2) is 8.87. The van der Waals surface area contributed by atoms with Crippen LogP contribution in [0.25, 0.3) is 0 Å². The van der Waals surface area contributed by atoms with Gasteiger partial charge >= 0.3 is 0 Å². The molecule has 1 atom stereocenters. The smallest absolute Gasteiger partial charge is 0.252 e. The quantitative estimate of drug-likeness (QED) is 0.737. The van der Waals surface area contributed by atoms with Gasteiger partial charge in [0.05, 0.1) is 5.92 Å². The normalized spacial score (nSPS) is 20.5. The Balaban J connectivity index is 1.33. The van der Waals surface area contributed by atoms with E-state index in [1.807, 2.05) is 24.3 Å². The third kappa shape index (κ3) is 4.43. The number of rotatable bonds is 6. The number of hydrogen-bond acceptors (Lipinski definition) is 5. The molecule has 1 aromatic carbocycles. The van der Waals surface area contributed by atoms with Gasteiger partial charge in [-0.2, -0.15) is 4.31 Å². The number of nitrogens with zero attached hydrogens (tertiary/aromatic N) is 2. The second-order valence-corrected chi connectivity index (χ2v) is 10.8. The van der Waals surface area contributed by atoms with Gasteiger partial charge < -0.3 is 10.2 Å². The Morgan fingerprint density at radius 2 is 1.93 bits per heavy atom. The van der Waals surface area contributed by atoms with E-state index in [-0.39, 0.29) is 24.3 Å². The first-order chi connectivity index (χ1) is 14.4. The highest BCUT2D eigenvalue weighted by molar-refractivity contribution is 7.91. The molecule has 1 aromatic heterocycles. The van der Waals surface area contributed by atoms with E-state index in [2.05, 4.69) is 5.32 Å². The van der Waals surface area contributed by atoms with Gasteiger partial charge in [-0.3, -0.25) is 9.59 Å². The Morgan fingerprint density at radius 3 is 2.60 bits per heavy atom. The lowest BCUT2D eigenvalue weighted by atomic mass is 9.98. The SMILES string of the molecule is O=C(NCc1ccc(N2CCCC2=O)cc1)C1CCCN(S(=O)(=O)c2cccs2)C1. The summed E-state index contributed by atoms with van der Waals surface area (Å²) in [6.07, 6.45) is 2.83. The van der Waals surface area contributed by atoms with Crippen molar-refractivity contribution in [2.45, 2.75) is 36.4 Å². The van der Waals surface area contributed by atoms with Crippen LogP contribution in [-0.4, -0.2) is 44.2 Å². The molecule has 2 fully saturated rings. The van der Waals surface area contributed by atoms with Crippen LogP contribution in [0.5, 0.6) is 0 Å². The zero-order valence-electron chi connectivity index (χ0n) is 16.6. The molecule has 2 aromatic rings. The van der Waals surface area contributed by atoms with Gasteiger partial charge in [-0.1, -0.05) is 18.2 Å². The van der Waals surface area contributed by atoms with E-state index in [0.29, 0.717) is 36.6 Å². The maximum absolute atomic E-state index is 12.7. The number of thiophene rings is 1. The summed E-state index contributed by atoms with van der Waals surface area (Å²) < 4.78 is 27.2.